The molecule has 0 N–H and O–H groups in total. The van der Waals surface area contributed by atoms with Crippen molar-refractivity contribution in [1.29, 1.82) is 0 Å². The van der Waals surface area contributed by atoms with E-state index in [9.17, 15) is 0 Å². The number of hydrogen-bond donors (Lipinski definition) is 0. The molecule has 0 amide bonds. The quantitative estimate of drug-likeness (QED) is 0.110. The largest absolute Gasteiger partial charge is 0.206 e. The Morgan fingerprint density at radius 1 is 0.619 bits per heavy atom. The van der Waals surface area contributed by atoms with Crippen molar-refractivity contribution in [2.24, 2.45) is 0 Å². The Kier molecular flexibility index (Phi) is 9.97. The monoisotopic (exact) mass is 650 g/mol. The summed E-state index contributed by atoms with van der Waals surface area (Å²) in [6.07, 6.45) is 12.3. The van der Waals surface area contributed by atoms with Gasteiger partial charge >= 0.3 is 0 Å². The zero-order valence-corrected chi connectivity index (χ0v) is 28.2. The molecule has 0 aliphatic rings. The van der Waals surface area contributed by atoms with Gasteiger partial charge in [-0.15, -0.1) is 45.3 Å². The second-order valence-electron chi connectivity index (χ2n) is 10.7. The number of aryl methyl sites for hydroxylation is 2. The Balaban J connectivity index is 1.27. The number of benzene rings is 1. The van der Waals surface area contributed by atoms with Crippen molar-refractivity contribution < 1.29 is 4.39 Å². The lowest BCUT2D eigenvalue weighted by Gasteiger charge is -2.06. The Morgan fingerprint density at radius 2 is 1.17 bits per heavy atom. The predicted molar refractivity (Wildman–Crippen MR) is 186 cm³/mol. The standard InChI is InChI=1S/C34H35FN2S5/c1-3-5-7-9-11-22-17-19-38-33(22)28-15-13-26(40-28)24-21-25(35)30(32-31(24)36-42-37-32)27-14-16-29(41-27)34-23(18-20-39-34)12-10-8-6-4-2/h13-21H,3-12H2,1-2H3. The van der Waals surface area contributed by atoms with Crippen molar-refractivity contribution in [3.05, 3.63) is 70.2 Å². The third-order valence-electron chi connectivity index (χ3n) is 7.75. The molecule has 0 radical (unpaired) electrons. The van der Waals surface area contributed by atoms with E-state index in [1.807, 2.05) is 0 Å². The minimum atomic E-state index is -0.229. The number of halogens is 1. The lowest BCUT2D eigenvalue weighted by molar-refractivity contribution is 0.633. The normalized spacial score (nSPS) is 11.7. The Hall–Kier alpha value is -2.23. The van der Waals surface area contributed by atoms with Crippen LogP contribution < -0.4 is 0 Å². The first-order valence-electron chi connectivity index (χ1n) is 15.0. The van der Waals surface area contributed by atoms with Crippen LogP contribution in [-0.2, 0) is 12.8 Å². The molecule has 5 aromatic heterocycles. The van der Waals surface area contributed by atoms with Crippen LogP contribution in [-0.4, -0.2) is 8.75 Å². The van der Waals surface area contributed by atoms with Crippen LogP contribution in [0, 0.1) is 5.82 Å². The van der Waals surface area contributed by atoms with E-state index in [0.29, 0.717) is 11.1 Å². The first-order chi connectivity index (χ1) is 20.7. The highest BCUT2D eigenvalue weighted by atomic mass is 32.1. The summed E-state index contributed by atoms with van der Waals surface area (Å²) in [5, 5.41) is 4.38. The molecule has 1 aromatic carbocycles. The minimum absolute atomic E-state index is 0.229. The zero-order valence-electron chi connectivity index (χ0n) is 24.1. The van der Waals surface area contributed by atoms with Crippen molar-refractivity contribution in [2.45, 2.75) is 78.1 Å². The van der Waals surface area contributed by atoms with Gasteiger partial charge < -0.3 is 0 Å². The van der Waals surface area contributed by atoms with E-state index >= 15 is 4.39 Å². The number of aromatic nitrogens is 2. The first-order valence-corrected chi connectivity index (χ1v) is 19.1. The highest BCUT2D eigenvalue weighted by Gasteiger charge is 2.22. The molecule has 0 atom stereocenters. The number of hydrogen-bond acceptors (Lipinski definition) is 7. The van der Waals surface area contributed by atoms with Crippen LogP contribution >= 0.6 is 57.1 Å². The van der Waals surface area contributed by atoms with Crippen LogP contribution in [0.4, 0.5) is 4.39 Å². The average molecular weight is 651 g/mol. The molecule has 0 aliphatic carbocycles. The topological polar surface area (TPSA) is 25.8 Å². The first kappa shape index (κ1) is 29.8. The summed E-state index contributed by atoms with van der Waals surface area (Å²) in [4.78, 5) is 7.06. The maximum atomic E-state index is 16.0. The summed E-state index contributed by atoms with van der Waals surface area (Å²) in [6, 6.07) is 14.7. The van der Waals surface area contributed by atoms with Gasteiger partial charge in [0, 0.05) is 34.8 Å². The lowest BCUT2D eigenvalue weighted by atomic mass is 10.0. The van der Waals surface area contributed by atoms with Crippen molar-refractivity contribution in [3.8, 4) is 40.4 Å². The molecule has 0 fully saturated rings. The summed E-state index contributed by atoms with van der Waals surface area (Å²) in [7, 11) is 0. The van der Waals surface area contributed by atoms with Crippen molar-refractivity contribution >= 4 is 68.1 Å². The van der Waals surface area contributed by atoms with Gasteiger partial charge in [-0.2, -0.15) is 8.75 Å². The van der Waals surface area contributed by atoms with Crippen molar-refractivity contribution in [2.75, 3.05) is 0 Å². The van der Waals surface area contributed by atoms with Gasteiger partial charge in [0.15, 0.2) is 0 Å². The third kappa shape index (κ3) is 6.34. The molecule has 0 saturated heterocycles. The van der Waals surface area contributed by atoms with Gasteiger partial charge in [0.1, 0.15) is 16.9 Å². The molecule has 5 heterocycles. The highest BCUT2D eigenvalue weighted by molar-refractivity contribution is 7.24. The molecule has 6 aromatic rings. The van der Waals surface area contributed by atoms with Gasteiger partial charge in [-0.3, -0.25) is 0 Å². The van der Waals surface area contributed by atoms with E-state index in [4.69, 9.17) is 0 Å². The van der Waals surface area contributed by atoms with Gasteiger partial charge in [-0.25, -0.2) is 4.39 Å². The van der Waals surface area contributed by atoms with E-state index in [2.05, 4.69) is 69.8 Å². The predicted octanol–water partition coefficient (Wildman–Crippen LogP) is 13.0. The number of nitrogens with zero attached hydrogens (tertiary/aromatic N) is 2. The summed E-state index contributed by atoms with van der Waals surface area (Å²) in [6.45, 7) is 4.50. The number of thiophene rings is 4. The zero-order chi connectivity index (χ0) is 28.9. The molecule has 8 heteroatoms. The fraction of sp³-hybridized carbons (Fsp3) is 0.353. The molecule has 0 saturated carbocycles. The number of fused-ring (bicyclic) bond motifs is 1. The molecule has 42 heavy (non-hydrogen) atoms. The molecule has 2 nitrogen and oxygen atoms in total. The van der Waals surface area contributed by atoms with Gasteiger partial charge in [0.25, 0.3) is 0 Å². The molecule has 218 valence electrons. The van der Waals surface area contributed by atoms with Gasteiger partial charge in [0.2, 0.25) is 0 Å². The van der Waals surface area contributed by atoms with E-state index in [1.165, 1.54) is 93.7 Å². The Labute approximate surface area is 268 Å². The van der Waals surface area contributed by atoms with Gasteiger partial charge in [-0.1, -0.05) is 52.4 Å². The third-order valence-corrected chi connectivity index (χ3v) is 12.8. The minimum Gasteiger partial charge on any atom is -0.206 e. The van der Waals surface area contributed by atoms with Crippen LogP contribution in [0.5, 0.6) is 0 Å². The van der Waals surface area contributed by atoms with Gasteiger partial charge in [-0.05, 0) is 90.0 Å². The summed E-state index contributed by atoms with van der Waals surface area (Å²) >= 11 is 8.14. The van der Waals surface area contributed by atoms with Crippen LogP contribution in [0.25, 0.3) is 51.4 Å². The molecule has 0 unspecified atom stereocenters. The highest BCUT2D eigenvalue weighted by Crippen LogP contribution is 2.46. The summed E-state index contributed by atoms with van der Waals surface area (Å²) in [5.41, 5.74) is 5.69. The molecular weight excluding hydrogens is 616 g/mol. The Bertz CT molecular complexity index is 1750. The molecule has 0 spiro atoms. The second kappa shape index (κ2) is 14.0. The van der Waals surface area contributed by atoms with Crippen LogP contribution in [0.2, 0.25) is 0 Å². The Morgan fingerprint density at radius 3 is 1.79 bits per heavy atom. The average Bonchev–Trinajstić information content (AvgIpc) is 3.83. The van der Waals surface area contributed by atoms with Crippen LogP contribution in [0.3, 0.4) is 0 Å². The van der Waals surface area contributed by atoms with E-state index in [0.717, 1.165) is 33.7 Å². The summed E-state index contributed by atoms with van der Waals surface area (Å²) in [5.74, 6) is -0.229. The SMILES string of the molecule is CCCCCCc1ccsc1-c1ccc(-c2cc(F)c(-c3ccc(-c4sccc4CCCCCC)s3)c3nsnc23)s1. The number of unbranched alkanes of at least 4 members (excludes halogenated alkanes) is 6. The fourth-order valence-corrected chi connectivity index (χ4v) is 10.4. The summed E-state index contributed by atoms with van der Waals surface area (Å²) < 4.78 is 25.3. The smallest absolute Gasteiger partial charge is 0.134 e. The van der Waals surface area contributed by atoms with E-state index in [-0.39, 0.29) is 5.82 Å². The van der Waals surface area contributed by atoms with E-state index < -0.39 is 0 Å². The van der Waals surface area contributed by atoms with Crippen molar-refractivity contribution in [3.63, 3.8) is 0 Å². The van der Waals surface area contributed by atoms with Gasteiger partial charge in [0.05, 0.1) is 17.3 Å². The fourth-order valence-electron chi connectivity index (χ4n) is 5.51. The lowest BCUT2D eigenvalue weighted by Crippen LogP contribution is -1.88. The molecule has 0 bridgehead atoms. The van der Waals surface area contributed by atoms with Crippen LogP contribution in [0.15, 0.2) is 53.2 Å². The molecule has 6 rings (SSSR count). The van der Waals surface area contributed by atoms with Crippen LogP contribution in [0.1, 0.15) is 76.3 Å². The number of rotatable bonds is 14. The maximum Gasteiger partial charge on any atom is 0.134 e. The van der Waals surface area contributed by atoms with E-state index in [1.54, 1.807) is 51.4 Å². The molecule has 0 aliphatic heterocycles. The maximum absolute atomic E-state index is 16.0. The second-order valence-corrected chi connectivity index (χ2v) is 15.3. The molecular formula is C34H35FN2S5. The van der Waals surface area contributed by atoms with Crippen molar-refractivity contribution in [1.82, 2.24) is 8.75 Å².